The predicted molar refractivity (Wildman–Crippen MR) is 107 cm³/mol. The maximum atomic E-state index is 9.71. The maximum absolute atomic E-state index is 9.71. The molecule has 2 rings (SSSR count). The Balaban J connectivity index is 0.00000264. The van der Waals surface area contributed by atoms with Crippen LogP contribution in [0.25, 0.3) is 0 Å². The van der Waals surface area contributed by atoms with Crippen LogP contribution in [0, 0.1) is 0 Å². The molecular weight excluding hydrogens is 405 g/mol. The molecule has 7 heteroatoms. The van der Waals surface area contributed by atoms with Crippen molar-refractivity contribution in [2.75, 3.05) is 58.9 Å². The second-order valence-corrected chi connectivity index (χ2v) is 6.40. The van der Waals surface area contributed by atoms with Crippen molar-refractivity contribution in [3.63, 3.8) is 0 Å². The third kappa shape index (κ3) is 6.36. The summed E-state index contributed by atoms with van der Waals surface area (Å²) in [6, 6.07) is 0.472. The second kappa shape index (κ2) is 10.7. The highest BCUT2D eigenvalue weighted by Crippen LogP contribution is 2.10. The van der Waals surface area contributed by atoms with Crippen LogP contribution in [0.2, 0.25) is 0 Å². The first kappa shape index (κ1) is 20.9. The van der Waals surface area contributed by atoms with E-state index in [9.17, 15) is 5.11 Å². The Morgan fingerprint density at radius 1 is 1.22 bits per heavy atom. The van der Waals surface area contributed by atoms with Crippen LogP contribution in [-0.2, 0) is 0 Å². The molecule has 0 amide bonds. The molecule has 136 valence electrons. The number of nitrogens with zero attached hydrogens (tertiary/aromatic N) is 4. The van der Waals surface area contributed by atoms with Gasteiger partial charge in [-0.15, -0.1) is 24.0 Å². The minimum absolute atomic E-state index is 0. The van der Waals surface area contributed by atoms with Crippen LogP contribution in [0.3, 0.4) is 0 Å². The van der Waals surface area contributed by atoms with E-state index in [0.717, 1.165) is 51.6 Å². The fraction of sp³-hybridized carbons (Fsp3) is 0.938. The number of likely N-dealkylation sites (tertiary alicyclic amines) is 1. The van der Waals surface area contributed by atoms with Crippen molar-refractivity contribution in [1.82, 2.24) is 20.0 Å². The highest BCUT2D eigenvalue weighted by Gasteiger charge is 2.24. The van der Waals surface area contributed by atoms with Crippen LogP contribution in [0.15, 0.2) is 4.99 Å². The van der Waals surface area contributed by atoms with Crippen molar-refractivity contribution < 1.29 is 5.11 Å². The molecule has 2 N–H and O–H groups in total. The van der Waals surface area contributed by atoms with E-state index in [1.807, 2.05) is 0 Å². The molecule has 2 saturated heterocycles. The van der Waals surface area contributed by atoms with Gasteiger partial charge in [-0.25, -0.2) is 0 Å². The average molecular weight is 439 g/mol. The van der Waals surface area contributed by atoms with Crippen molar-refractivity contribution in [3.05, 3.63) is 0 Å². The molecule has 2 heterocycles. The van der Waals surface area contributed by atoms with Gasteiger partial charge in [0.25, 0.3) is 0 Å². The minimum Gasteiger partial charge on any atom is -0.391 e. The van der Waals surface area contributed by atoms with E-state index < -0.39 is 0 Å². The zero-order valence-electron chi connectivity index (χ0n) is 14.9. The summed E-state index contributed by atoms with van der Waals surface area (Å²) in [5, 5.41) is 13.1. The molecule has 0 aromatic heterocycles. The van der Waals surface area contributed by atoms with Crippen molar-refractivity contribution >= 4 is 29.9 Å². The summed E-state index contributed by atoms with van der Waals surface area (Å²) < 4.78 is 0. The number of nitrogens with one attached hydrogen (secondary N) is 1. The highest BCUT2D eigenvalue weighted by atomic mass is 127. The van der Waals surface area contributed by atoms with E-state index in [0.29, 0.717) is 12.6 Å². The standard InChI is InChI=1S/C16H33N5O.HI/c1-4-17-16(21-7-6-15(22)13-21)18-12-14(3)20-10-8-19(5-2)9-11-20;/h14-15,22H,4-13H2,1-3H3,(H,17,18);1H/t14?,15-;/m1./s1. The normalized spacial score (nSPS) is 25.3. The van der Waals surface area contributed by atoms with E-state index in [2.05, 4.69) is 40.8 Å². The molecular formula is C16H34IN5O. The van der Waals surface area contributed by atoms with Crippen LogP contribution in [0.1, 0.15) is 27.2 Å². The number of rotatable bonds is 5. The fourth-order valence-electron chi connectivity index (χ4n) is 3.21. The number of hydrogen-bond donors (Lipinski definition) is 2. The van der Waals surface area contributed by atoms with Crippen LogP contribution >= 0.6 is 24.0 Å². The lowest BCUT2D eigenvalue weighted by Gasteiger charge is -2.37. The molecule has 1 unspecified atom stereocenters. The number of aliphatic hydroxyl groups excluding tert-OH is 1. The smallest absolute Gasteiger partial charge is 0.194 e. The van der Waals surface area contributed by atoms with Gasteiger partial charge in [-0.2, -0.15) is 0 Å². The van der Waals surface area contributed by atoms with Gasteiger partial charge in [0.2, 0.25) is 0 Å². The first-order valence-electron chi connectivity index (χ1n) is 8.81. The molecule has 0 radical (unpaired) electrons. The van der Waals surface area contributed by atoms with E-state index in [1.54, 1.807) is 0 Å². The van der Waals surface area contributed by atoms with Crippen LogP contribution < -0.4 is 5.32 Å². The molecule has 0 saturated carbocycles. The summed E-state index contributed by atoms with van der Waals surface area (Å²) >= 11 is 0. The van der Waals surface area contributed by atoms with E-state index in [4.69, 9.17) is 4.99 Å². The van der Waals surface area contributed by atoms with Gasteiger partial charge >= 0.3 is 0 Å². The van der Waals surface area contributed by atoms with Gasteiger partial charge in [-0.3, -0.25) is 9.89 Å². The van der Waals surface area contributed by atoms with Gasteiger partial charge in [0.15, 0.2) is 5.96 Å². The third-order valence-corrected chi connectivity index (χ3v) is 4.78. The molecule has 23 heavy (non-hydrogen) atoms. The number of aliphatic imine (C=N–C) groups is 1. The van der Waals surface area contributed by atoms with Crippen molar-refractivity contribution in [2.45, 2.75) is 39.3 Å². The van der Waals surface area contributed by atoms with Gasteiger partial charge in [-0.1, -0.05) is 6.92 Å². The Morgan fingerprint density at radius 3 is 2.43 bits per heavy atom. The number of aliphatic hydroxyl groups is 1. The van der Waals surface area contributed by atoms with Gasteiger partial charge in [-0.05, 0) is 26.8 Å². The minimum atomic E-state index is -0.205. The molecule has 0 bridgehead atoms. The molecule has 6 nitrogen and oxygen atoms in total. The van der Waals surface area contributed by atoms with E-state index >= 15 is 0 Å². The molecule has 2 aliphatic heterocycles. The largest absolute Gasteiger partial charge is 0.391 e. The summed E-state index contributed by atoms with van der Waals surface area (Å²) in [5.74, 6) is 0.957. The van der Waals surface area contributed by atoms with Crippen LogP contribution in [-0.4, -0.2) is 96.8 Å². The van der Waals surface area contributed by atoms with Crippen molar-refractivity contribution in [3.8, 4) is 0 Å². The summed E-state index contributed by atoms with van der Waals surface area (Å²) in [7, 11) is 0. The summed E-state index contributed by atoms with van der Waals surface area (Å²) in [6.07, 6.45) is 0.641. The number of guanidine groups is 1. The Kier molecular flexibility index (Phi) is 9.72. The molecule has 0 aromatic rings. The quantitative estimate of drug-likeness (QED) is 0.375. The first-order chi connectivity index (χ1) is 10.6. The summed E-state index contributed by atoms with van der Waals surface area (Å²) in [5.41, 5.74) is 0. The maximum Gasteiger partial charge on any atom is 0.194 e. The first-order valence-corrected chi connectivity index (χ1v) is 8.81. The SMILES string of the molecule is CCNC(=NCC(C)N1CCN(CC)CC1)N1CC[C@@H](O)C1.I. The van der Waals surface area contributed by atoms with Gasteiger partial charge < -0.3 is 20.2 Å². The Bertz CT molecular complexity index is 360. The summed E-state index contributed by atoms with van der Waals surface area (Å²) in [4.78, 5) is 12.0. The monoisotopic (exact) mass is 439 g/mol. The number of likely N-dealkylation sites (N-methyl/N-ethyl adjacent to an activating group) is 1. The van der Waals surface area contributed by atoms with Gasteiger partial charge in [0.1, 0.15) is 0 Å². The lowest BCUT2D eigenvalue weighted by Crippen LogP contribution is -2.50. The lowest BCUT2D eigenvalue weighted by atomic mass is 10.2. The highest BCUT2D eigenvalue weighted by molar-refractivity contribution is 14.0. The second-order valence-electron chi connectivity index (χ2n) is 6.40. The predicted octanol–water partition coefficient (Wildman–Crippen LogP) is 0.663. The number of piperazine rings is 1. The van der Waals surface area contributed by atoms with Gasteiger partial charge in [0, 0.05) is 51.9 Å². The topological polar surface area (TPSA) is 54.3 Å². The molecule has 2 aliphatic rings. The van der Waals surface area contributed by atoms with Crippen molar-refractivity contribution in [1.29, 1.82) is 0 Å². The lowest BCUT2D eigenvalue weighted by molar-refractivity contribution is 0.109. The van der Waals surface area contributed by atoms with Crippen molar-refractivity contribution in [2.24, 2.45) is 4.99 Å². The van der Waals surface area contributed by atoms with Crippen LogP contribution in [0.4, 0.5) is 0 Å². The molecule has 2 fully saturated rings. The van der Waals surface area contributed by atoms with E-state index in [1.165, 1.54) is 13.1 Å². The zero-order chi connectivity index (χ0) is 15.9. The molecule has 2 atom stereocenters. The Morgan fingerprint density at radius 2 is 1.91 bits per heavy atom. The van der Waals surface area contributed by atoms with Crippen LogP contribution in [0.5, 0.6) is 0 Å². The number of halogens is 1. The molecule has 0 spiro atoms. The third-order valence-electron chi connectivity index (χ3n) is 4.78. The zero-order valence-corrected chi connectivity index (χ0v) is 17.2. The molecule has 0 aliphatic carbocycles. The average Bonchev–Trinajstić information content (AvgIpc) is 2.97. The summed E-state index contributed by atoms with van der Waals surface area (Å²) in [6.45, 7) is 15.7. The fourth-order valence-corrected chi connectivity index (χ4v) is 3.21. The Labute approximate surface area is 158 Å². The number of hydrogen-bond acceptors (Lipinski definition) is 4. The van der Waals surface area contributed by atoms with Gasteiger partial charge in [0.05, 0.1) is 12.6 Å². The van der Waals surface area contributed by atoms with E-state index in [-0.39, 0.29) is 30.1 Å². The molecule has 0 aromatic carbocycles. The Hall–Kier alpha value is -0.120. The number of β-amino-alcohol motifs (C(OH)–C–C–N with tert-alkyl or cyclic N) is 1.